The monoisotopic (exact) mass is 193 g/mol. The average Bonchev–Trinajstić information content (AvgIpc) is 2.25. The van der Waals surface area contributed by atoms with Gasteiger partial charge in [0.05, 0.1) is 6.10 Å². The Hall–Kier alpha value is -1.32. The van der Waals surface area contributed by atoms with E-state index in [1.165, 1.54) is 0 Å². The lowest BCUT2D eigenvalue weighted by Crippen LogP contribution is -2.11. The Morgan fingerprint density at radius 3 is 3.00 bits per heavy atom. The van der Waals surface area contributed by atoms with Crippen molar-refractivity contribution in [2.24, 2.45) is 5.73 Å². The number of aliphatic hydroxyl groups excluding tert-OH is 1. The molecular weight excluding hydrogens is 178 g/mol. The summed E-state index contributed by atoms with van der Waals surface area (Å²) in [6.45, 7) is 4.23. The SMILES string of the molecule is C=CCOc1cccc(C(O)CN)c1. The smallest absolute Gasteiger partial charge is 0.120 e. The van der Waals surface area contributed by atoms with E-state index in [-0.39, 0.29) is 6.54 Å². The zero-order valence-electron chi connectivity index (χ0n) is 8.02. The van der Waals surface area contributed by atoms with Crippen LogP contribution >= 0.6 is 0 Å². The van der Waals surface area contributed by atoms with Gasteiger partial charge in [-0.05, 0) is 17.7 Å². The summed E-state index contributed by atoms with van der Waals surface area (Å²) in [7, 11) is 0. The molecule has 3 N–H and O–H groups in total. The Morgan fingerprint density at radius 2 is 2.36 bits per heavy atom. The van der Waals surface area contributed by atoms with Crippen molar-refractivity contribution < 1.29 is 9.84 Å². The predicted octanol–water partition coefficient (Wildman–Crippen LogP) is 1.24. The first kappa shape index (κ1) is 10.8. The van der Waals surface area contributed by atoms with E-state index in [0.29, 0.717) is 6.61 Å². The minimum Gasteiger partial charge on any atom is -0.490 e. The van der Waals surface area contributed by atoms with E-state index in [2.05, 4.69) is 6.58 Å². The minimum atomic E-state index is -0.623. The van der Waals surface area contributed by atoms with Gasteiger partial charge in [0.2, 0.25) is 0 Å². The molecule has 0 bridgehead atoms. The van der Waals surface area contributed by atoms with E-state index in [1.807, 2.05) is 18.2 Å². The highest BCUT2D eigenvalue weighted by Crippen LogP contribution is 2.18. The van der Waals surface area contributed by atoms with Crippen molar-refractivity contribution in [1.82, 2.24) is 0 Å². The lowest BCUT2D eigenvalue weighted by atomic mass is 10.1. The number of aliphatic hydroxyl groups is 1. The van der Waals surface area contributed by atoms with E-state index in [1.54, 1.807) is 12.1 Å². The molecule has 1 unspecified atom stereocenters. The summed E-state index contributed by atoms with van der Waals surface area (Å²) in [4.78, 5) is 0. The minimum absolute atomic E-state index is 0.213. The molecule has 1 rings (SSSR count). The van der Waals surface area contributed by atoms with Crippen LogP contribution in [0.25, 0.3) is 0 Å². The van der Waals surface area contributed by atoms with Crippen LogP contribution in [0.5, 0.6) is 5.75 Å². The Bertz CT molecular complexity index is 299. The van der Waals surface area contributed by atoms with Crippen LogP contribution in [0.15, 0.2) is 36.9 Å². The van der Waals surface area contributed by atoms with Crippen LogP contribution < -0.4 is 10.5 Å². The van der Waals surface area contributed by atoms with Crippen LogP contribution in [0.4, 0.5) is 0 Å². The highest BCUT2D eigenvalue weighted by Gasteiger charge is 2.05. The maximum absolute atomic E-state index is 9.48. The summed E-state index contributed by atoms with van der Waals surface area (Å²) in [5.74, 6) is 0.718. The first-order valence-electron chi connectivity index (χ1n) is 4.49. The second-order valence-electron chi connectivity index (χ2n) is 2.92. The quantitative estimate of drug-likeness (QED) is 0.692. The molecule has 3 nitrogen and oxygen atoms in total. The number of hydrogen-bond donors (Lipinski definition) is 2. The van der Waals surface area contributed by atoms with Crippen molar-refractivity contribution in [3.63, 3.8) is 0 Å². The number of hydrogen-bond acceptors (Lipinski definition) is 3. The molecule has 0 aliphatic carbocycles. The van der Waals surface area contributed by atoms with Gasteiger partial charge in [-0.1, -0.05) is 24.8 Å². The third-order valence-electron chi connectivity index (χ3n) is 1.83. The predicted molar refractivity (Wildman–Crippen MR) is 56.1 cm³/mol. The van der Waals surface area contributed by atoms with E-state index in [0.717, 1.165) is 11.3 Å². The molecule has 76 valence electrons. The Labute approximate surface area is 83.8 Å². The second kappa shape index (κ2) is 5.42. The molecule has 0 aromatic heterocycles. The van der Waals surface area contributed by atoms with Gasteiger partial charge in [0, 0.05) is 6.54 Å². The molecule has 0 fully saturated rings. The summed E-state index contributed by atoms with van der Waals surface area (Å²) in [5, 5.41) is 9.48. The van der Waals surface area contributed by atoms with Gasteiger partial charge in [0.15, 0.2) is 0 Å². The summed E-state index contributed by atoms with van der Waals surface area (Å²) in [5.41, 5.74) is 6.12. The number of benzene rings is 1. The van der Waals surface area contributed by atoms with E-state index in [4.69, 9.17) is 10.5 Å². The topological polar surface area (TPSA) is 55.5 Å². The van der Waals surface area contributed by atoms with Gasteiger partial charge >= 0.3 is 0 Å². The molecule has 14 heavy (non-hydrogen) atoms. The van der Waals surface area contributed by atoms with E-state index >= 15 is 0 Å². The maximum Gasteiger partial charge on any atom is 0.120 e. The fourth-order valence-electron chi connectivity index (χ4n) is 1.10. The number of rotatable bonds is 5. The summed E-state index contributed by atoms with van der Waals surface area (Å²) < 4.78 is 5.32. The van der Waals surface area contributed by atoms with Crippen LogP contribution in [0.3, 0.4) is 0 Å². The van der Waals surface area contributed by atoms with Gasteiger partial charge in [-0.2, -0.15) is 0 Å². The maximum atomic E-state index is 9.48. The molecule has 0 saturated carbocycles. The first-order chi connectivity index (χ1) is 6.77. The number of ether oxygens (including phenoxy) is 1. The van der Waals surface area contributed by atoms with Crippen molar-refractivity contribution >= 4 is 0 Å². The molecule has 0 spiro atoms. The summed E-state index contributed by atoms with van der Waals surface area (Å²) in [6, 6.07) is 7.25. The molecule has 0 saturated heterocycles. The average molecular weight is 193 g/mol. The van der Waals surface area contributed by atoms with Crippen LogP contribution in [-0.2, 0) is 0 Å². The Morgan fingerprint density at radius 1 is 1.57 bits per heavy atom. The van der Waals surface area contributed by atoms with Crippen molar-refractivity contribution in [2.45, 2.75) is 6.10 Å². The normalized spacial score (nSPS) is 12.1. The largest absolute Gasteiger partial charge is 0.490 e. The molecule has 1 atom stereocenters. The molecule has 1 aromatic rings. The van der Waals surface area contributed by atoms with E-state index in [9.17, 15) is 5.11 Å². The van der Waals surface area contributed by atoms with Gasteiger partial charge in [0.1, 0.15) is 12.4 Å². The number of nitrogens with two attached hydrogens (primary N) is 1. The van der Waals surface area contributed by atoms with Crippen molar-refractivity contribution in [2.75, 3.05) is 13.2 Å². The Kier molecular flexibility index (Phi) is 4.16. The van der Waals surface area contributed by atoms with Gasteiger partial charge in [0.25, 0.3) is 0 Å². The van der Waals surface area contributed by atoms with Crippen LogP contribution in [0, 0.1) is 0 Å². The standard InChI is InChI=1S/C11H15NO2/c1-2-6-14-10-5-3-4-9(7-10)11(13)8-12/h2-5,7,11,13H,1,6,8,12H2. The lowest BCUT2D eigenvalue weighted by molar-refractivity contribution is 0.186. The third-order valence-corrected chi connectivity index (χ3v) is 1.83. The van der Waals surface area contributed by atoms with Crippen LogP contribution in [-0.4, -0.2) is 18.3 Å². The molecule has 0 heterocycles. The van der Waals surface area contributed by atoms with Gasteiger partial charge < -0.3 is 15.6 Å². The molecule has 0 radical (unpaired) electrons. The molecule has 3 heteroatoms. The Balaban J connectivity index is 2.73. The summed E-state index contributed by atoms with van der Waals surface area (Å²) in [6.07, 6.45) is 1.05. The molecular formula is C11H15NO2. The zero-order valence-corrected chi connectivity index (χ0v) is 8.02. The van der Waals surface area contributed by atoms with Crippen molar-refractivity contribution in [1.29, 1.82) is 0 Å². The molecule has 1 aromatic carbocycles. The fourth-order valence-corrected chi connectivity index (χ4v) is 1.10. The zero-order chi connectivity index (χ0) is 10.4. The van der Waals surface area contributed by atoms with Crippen LogP contribution in [0.1, 0.15) is 11.7 Å². The van der Waals surface area contributed by atoms with Crippen molar-refractivity contribution in [3.8, 4) is 5.75 Å². The molecule has 0 aliphatic rings. The second-order valence-corrected chi connectivity index (χ2v) is 2.92. The lowest BCUT2D eigenvalue weighted by Gasteiger charge is -2.09. The molecule has 0 amide bonds. The summed E-state index contributed by atoms with van der Waals surface area (Å²) >= 11 is 0. The van der Waals surface area contributed by atoms with Gasteiger partial charge in [-0.15, -0.1) is 0 Å². The van der Waals surface area contributed by atoms with E-state index < -0.39 is 6.10 Å². The highest BCUT2D eigenvalue weighted by molar-refractivity contribution is 5.30. The third kappa shape index (κ3) is 2.87. The molecule has 0 aliphatic heterocycles. The highest BCUT2D eigenvalue weighted by atomic mass is 16.5. The van der Waals surface area contributed by atoms with Crippen molar-refractivity contribution in [3.05, 3.63) is 42.5 Å². The van der Waals surface area contributed by atoms with Gasteiger partial charge in [-0.3, -0.25) is 0 Å². The first-order valence-corrected chi connectivity index (χ1v) is 4.49. The van der Waals surface area contributed by atoms with Crippen LogP contribution in [0.2, 0.25) is 0 Å². The fraction of sp³-hybridized carbons (Fsp3) is 0.273. The van der Waals surface area contributed by atoms with Gasteiger partial charge in [-0.25, -0.2) is 0 Å².